The third-order valence-corrected chi connectivity index (χ3v) is 3.33. The van der Waals surface area contributed by atoms with E-state index in [9.17, 15) is 5.11 Å². The van der Waals surface area contributed by atoms with Crippen molar-refractivity contribution in [1.82, 2.24) is 10.2 Å². The number of aliphatic hydroxyl groups is 1. The van der Waals surface area contributed by atoms with Crippen LogP contribution in [-0.2, 0) is 0 Å². The van der Waals surface area contributed by atoms with E-state index >= 15 is 0 Å². The van der Waals surface area contributed by atoms with Crippen LogP contribution in [0.15, 0.2) is 0 Å². The average Bonchev–Trinajstić information content (AvgIpc) is 2.26. The third kappa shape index (κ3) is 5.83. The highest BCUT2D eigenvalue weighted by atomic mass is 16.3. The van der Waals surface area contributed by atoms with Crippen LogP contribution in [0.25, 0.3) is 0 Å². The van der Waals surface area contributed by atoms with Gasteiger partial charge in [-0.15, -0.1) is 0 Å². The van der Waals surface area contributed by atoms with Crippen molar-refractivity contribution in [2.24, 2.45) is 0 Å². The van der Waals surface area contributed by atoms with E-state index in [0.717, 1.165) is 19.5 Å². The number of nitrogens with one attached hydrogen (secondary N) is 1. The van der Waals surface area contributed by atoms with Gasteiger partial charge in [0.15, 0.2) is 0 Å². The van der Waals surface area contributed by atoms with Crippen LogP contribution >= 0.6 is 0 Å². The Hall–Kier alpha value is -0.120. The first-order valence-electron chi connectivity index (χ1n) is 6.93. The maximum Gasteiger partial charge on any atom is 0.0597 e. The molecule has 1 saturated heterocycles. The predicted molar refractivity (Wildman–Crippen MR) is 68.7 cm³/mol. The van der Waals surface area contributed by atoms with Crippen LogP contribution in [0.4, 0.5) is 0 Å². The van der Waals surface area contributed by atoms with Crippen molar-refractivity contribution >= 4 is 0 Å². The number of hydrogen-bond donors (Lipinski definition) is 2. The minimum absolute atomic E-state index is 0.260. The summed E-state index contributed by atoms with van der Waals surface area (Å²) in [7, 11) is 0. The molecule has 0 aromatic carbocycles. The summed E-state index contributed by atoms with van der Waals surface area (Å²) in [5.41, 5.74) is 0. The fourth-order valence-corrected chi connectivity index (χ4v) is 2.34. The van der Waals surface area contributed by atoms with E-state index in [2.05, 4.69) is 17.1 Å². The van der Waals surface area contributed by atoms with Crippen LogP contribution in [0, 0.1) is 0 Å². The number of rotatable bonds is 6. The van der Waals surface area contributed by atoms with Gasteiger partial charge in [-0.05, 0) is 38.9 Å². The van der Waals surface area contributed by atoms with Crippen LogP contribution in [-0.4, -0.2) is 48.8 Å². The molecule has 16 heavy (non-hydrogen) atoms. The molecule has 1 aliphatic heterocycles. The molecule has 1 fully saturated rings. The minimum Gasteiger partial charge on any atom is -0.395 e. The summed E-state index contributed by atoms with van der Waals surface area (Å²) in [5.74, 6) is 0. The van der Waals surface area contributed by atoms with E-state index in [1.165, 1.54) is 45.2 Å². The number of aliphatic hydroxyl groups excluding tert-OH is 1. The lowest BCUT2D eigenvalue weighted by atomic mass is 10.1. The third-order valence-electron chi connectivity index (χ3n) is 3.33. The molecule has 0 aromatic heterocycles. The summed E-state index contributed by atoms with van der Waals surface area (Å²) in [4.78, 5) is 2.52. The van der Waals surface area contributed by atoms with Crippen molar-refractivity contribution < 1.29 is 5.11 Å². The highest BCUT2D eigenvalue weighted by molar-refractivity contribution is 4.72. The van der Waals surface area contributed by atoms with Gasteiger partial charge in [-0.25, -0.2) is 0 Å². The Morgan fingerprint density at radius 2 is 1.75 bits per heavy atom. The molecule has 1 unspecified atom stereocenters. The maximum atomic E-state index is 9.32. The second-order valence-electron chi connectivity index (χ2n) is 4.90. The molecular weight excluding hydrogens is 200 g/mol. The lowest BCUT2D eigenvalue weighted by Crippen LogP contribution is -2.44. The van der Waals surface area contributed by atoms with Crippen molar-refractivity contribution in [3.63, 3.8) is 0 Å². The lowest BCUT2D eigenvalue weighted by Gasteiger charge is -2.28. The molecule has 0 aromatic rings. The lowest BCUT2D eigenvalue weighted by molar-refractivity contribution is 0.172. The number of hydrogen-bond acceptors (Lipinski definition) is 3. The smallest absolute Gasteiger partial charge is 0.0597 e. The molecule has 2 N–H and O–H groups in total. The first-order chi connectivity index (χ1) is 7.86. The van der Waals surface area contributed by atoms with Gasteiger partial charge in [-0.1, -0.05) is 26.2 Å². The van der Waals surface area contributed by atoms with Gasteiger partial charge in [-0.2, -0.15) is 0 Å². The highest BCUT2D eigenvalue weighted by Gasteiger charge is 2.13. The van der Waals surface area contributed by atoms with Crippen LogP contribution in [0.1, 0.15) is 45.4 Å². The van der Waals surface area contributed by atoms with Crippen LogP contribution in [0.2, 0.25) is 0 Å². The molecule has 0 radical (unpaired) electrons. The molecule has 3 nitrogen and oxygen atoms in total. The molecule has 1 heterocycles. The topological polar surface area (TPSA) is 35.5 Å². The van der Waals surface area contributed by atoms with Crippen molar-refractivity contribution in [2.75, 3.05) is 32.8 Å². The monoisotopic (exact) mass is 228 g/mol. The largest absolute Gasteiger partial charge is 0.395 e. The zero-order chi connectivity index (χ0) is 11.6. The Morgan fingerprint density at radius 1 is 1.12 bits per heavy atom. The molecule has 0 aliphatic carbocycles. The Morgan fingerprint density at radius 3 is 2.31 bits per heavy atom. The van der Waals surface area contributed by atoms with E-state index in [1.54, 1.807) is 0 Å². The van der Waals surface area contributed by atoms with Gasteiger partial charge in [0, 0.05) is 12.6 Å². The Bertz CT molecular complexity index is 156. The van der Waals surface area contributed by atoms with Crippen molar-refractivity contribution in [1.29, 1.82) is 0 Å². The summed E-state index contributed by atoms with van der Waals surface area (Å²) >= 11 is 0. The average molecular weight is 228 g/mol. The van der Waals surface area contributed by atoms with Gasteiger partial charge >= 0.3 is 0 Å². The Kier molecular flexibility index (Phi) is 7.81. The zero-order valence-electron chi connectivity index (χ0n) is 10.7. The van der Waals surface area contributed by atoms with E-state index in [4.69, 9.17) is 0 Å². The zero-order valence-corrected chi connectivity index (χ0v) is 10.7. The SMILES string of the molecule is CCCNC(CO)CN1CCCCCCC1. The molecule has 1 atom stereocenters. The molecule has 3 heteroatoms. The molecular formula is C13H28N2O. The van der Waals surface area contributed by atoms with E-state index in [-0.39, 0.29) is 12.6 Å². The van der Waals surface area contributed by atoms with E-state index in [0.29, 0.717) is 0 Å². The van der Waals surface area contributed by atoms with Crippen molar-refractivity contribution in [3.8, 4) is 0 Å². The van der Waals surface area contributed by atoms with E-state index < -0.39 is 0 Å². The number of nitrogens with zero attached hydrogens (tertiary/aromatic N) is 1. The number of likely N-dealkylation sites (tertiary alicyclic amines) is 1. The molecule has 96 valence electrons. The van der Waals surface area contributed by atoms with Gasteiger partial charge in [0.2, 0.25) is 0 Å². The molecule has 0 bridgehead atoms. The fraction of sp³-hybridized carbons (Fsp3) is 1.00. The highest BCUT2D eigenvalue weighted by Crippen LogP contribution is 2.10. The summed E-state index contributed by atoms with van der Waals surface area (Å²) < 4.78 is 0. The van der Waals surface area contributed by atoms with Gasteiger partial charge in [0.1, 0.15) is 0 Å². The van der Waals surface area contributed by atoms with Gasteiger partial charge in [-0.3, -0.25) is 0 Å². The van der Waals surface area contributed by atoms with Gasteiger partial charge < -0.3 is 15.3 Å². The first kappa shape index (κ1) is 13.9. The van der Waals surface area contributed by atoms with E-state index in [1.807, 2.05) is 0 Å². The Labute approximate surface area is 100 Å². The van der Waals surface area contributed by atoms with Crippen molar-refractivity contribution in [3.05, 3.63) is 0 Å². The summed E-state index contributed by atoms with van der Waals surface area (Å²) in [6.45, 7) is 6.87. The first-order valence-corrected chi connectivity index (χ1v) is 6.93. The fourth-order valence-electron chi connectivity index (χ4n) is 2.34. The second-order valence-corrected chi connectivity index (χ2v) is 4.90. The molecule has 0 saturated carbocycles. The summed E-state index contributed by atoms with van der Waals surface area (Å²) in [6, 6.07) is 0.263. The predicted octanol–water partition coefficient (Wildman–Crippen LogP) is 1.61. The van der Waals surface area contributed by atoms with Crippen LogP contribution in [0.5, 0.6) is 0 Å². The molecule has 0 spiro atoms. The van der Waals surface area contributed by atoms with Crippen molar-refractivity contribution in [2.45, 2.75) is 51.5 Å². The summed E-state index contributed by atoms with van der Waals surface area (Å²) in [6.07, 6.45) is 7.95. The minimum atomic E-state index is 0.260. The van der Waals surface area contributed by atoms with Gasteiger partial charge in [0.05, 0.1) is 6.61 Å². The standard InChI is InChI=1S/C13H28N2O/c1-2-8-14-13(12-16)11-15-9-6-4-3-5-7-10-15/h13-14,16H,2-12H2,1H3. The Balaban J connectivity index is 2.24. The molecule has 1 rings (SSSR count). The van der Waals surface area contributed by atoms with Gasteiger partial charge in [0.25, 0.3) is 0 Å². The second kappa shape index (κ2) is 8.97. The molecule has 1 aliphatic rings. The van der Waals surface area contributed by atoms with Crippen LogP contribution in [0.3, 0.4) is 0 Å². The quantitative estimate of drug-likeness (QED) is 0.725. The normalized spacial score (nSPS) is 21.4. The maximum absolute atomic E-state index is 9.32. The molecule has 0 amide bonds. The summed E-state index contributed by atoms with van der Waals surface area (Å²) in [5, 5.41) is 12.7. The van der Waals surface area contributed by atoms with Crippen LogP contribution < -0.4 is 5.32 Å².